The first-order valence-corrected chi connectivity index (χ1v) is 9.04. The van der Waals surface area contributed by atoms with E-state index in [1.54, 1.807) is 39.0 Å². The maximum Gasteiger partial charge on any atom is 0.224 e. The van der Waals surface area contributed by atoms with Crippen LogP contribution in [0.4, 0.5) is 5.69 Å². The number of nitrogens with one attached hydrogen (secondary N) is 1. The number of rotatable bonds is 5. The van der Waals surface area contributed by atoms with Crippen molar-refractivity contribution in [3.05, 3.63) is 40.5 Å². The van der Waals surface area contributed by atoms with Crippen LogP contribution in [0.25, 0.3) is 0 Å². The van der Waals surface area contributed by atoms with Gasteiger partial charge in [-0.2, -0.15) is 0 Å². The van der Waals surface area contributed by atoms with E-state index in [4.69, 9.17) is 9.47 Å². The van der Waals surface area contributed by atoms with Crippen molar-refractivity contribution in [2.24, 2.45) is 0 Å². The molecular formula is C21H23NO5. The maximum atomic E-state index is 12.4. The number of carbonyl (C=O) groups excluding carboxylic acids is 3. The Hall–Kier alpha value is -2.89. The summed E-state index contributed by atoms with van der Waals surface area (Å²) in [5, 5.41) is 2.83. The Labute approximate surface area is 158 Å². The monoisotopic (exact) mass is 369 g/mol. The molecule has 3 rings (SSSR count). The van der Waals surface area contributed by atoms with E-state index in [2.05, 4.69) is 5.32 Å². The Bertz CT molecular complexity index is 879. The smallest absolute Gasteiger partial charge is 0.224 e. The highest BCUT2D eigenvalue weighted by molar-refractivity contribution is 6.24. The van der Waals surface area contributed by atoms with E-state index in [0.717, 1.165) is 0 Å². The molecule has 0 bridgehead atoms. The number of fused-ring (bicyclic) bond motifs is 1. The van der Waals surface area contributed by atoms with Crippen LogP contribution in [0.1, 0.15) is 40.0 Å². The fraction of sp³-hybridized carbons (Fsp3) is 0.381. The molecular weight excluding hydrogens is 346 g/mol. The van der Waals surface area contributed by atoms with Crippen molar-refractivity contribution in [3.63, 3.8) is 0 Å². The van der Waals surface area contributed by atoms with Gasteiger partial charge in [-0.3, -0.25) is 14.4 Å². The van der Waals surface area contributed by atoms with Crippen LogP contribution in [0.15, 0.2) is 40.5 Å². The zero-order valence-electron chi connectivity index (χ0n) is 15.8. The summed E-state index contributed by atoms with van der Waals surface area (Å²) in [6, 6.07) is 5.26. The van der Waals surface area contributed by atoms with Gasteiger partial charge in [-0.1, -0.05) is 0 Å². The lowest BCUT2D eigenvalue weighted by Crippen LogP contribution is -2.21. The first-order valence-electron chi connectivity index (χ1n) is 9.04. The lowest BCUT2D eigenvalue weighted by molar-refractivity contribution is -0.117. The van der Waals surface area contributed by atoms with Gasteiger partial charge in [0.15, 0.2) is 23.1 Å². The summed E-state index contributed by atoms with van der Waals surface area (Å²) in [6.45, 7) is 6.04. The van der Waals surface area contributed by atoms with Crippen LogP contribution in [0, 0.1) is 0 Å². The molecule has 142 valence electrons. The van der Waals surface area contributed by atoms with Crippen molar-refractivity contribution < 1.29 is 23.9 Å². The lowest BCUT2D eigenvalue weighted by Gasteiger charge is -2.19. The van der Waals surface area contributed by atoms with Crippen LogP contribution in [0.5, 0.6) is 11.5 Å². The van der Waals surface area contributed by atoms with Gasteiger partial charge in [-0.05, 0) is 45.7 Å². The standard InChI is InChI=1S/C21H23NO5/c1-12-13(2)21(25)16(14(3)20(12)24)5-4-6-19(23)22-15-7-8-17-18(11-15)27-10-9-26-17/h7-8,11H,4-6,9-10H2,1-3H3,(H,22,23). The van der Waals surface area contributed by atoms with Crippen LogP contribution >= 0.6 is 0 Å². The van der Waals surface area contributed by atoms with Gasteiger partial charge in [0.25, 0.3) is 0 Å². The van der Waals surface area contributed by atoms with Crippen molar-refractivity contribution in [1.29, 1.82) is 0 Å². The minimum atomic E-state index is -0.150. The fourth-order valence-electron chi connectivity index (χ4n) is 3.23. The highest BCUT2D eigenvalue weighted by Gasteiger charge is 2.27. The Morgan fingerprint density at radius 2 is 1.63 bits per heavy atom. The molecule has 27 heavy (non-hydrogen) atoms. The van der Waals surface area contributed by atoms with Gasteiger partial charge in [0.05, 0.1) is 0 Å². The van der Waals surface area contributed by atoms with Crippen molar-refractivity contribution in [2.45, 2.75) is 40.0 Å². The van der Waals surface area contributed by atoms with E-state index < -0.39 is 0 Å². The number of anilines is 1. The van der Waals surface area contributed by atoms with Gasteiger partial charge in [-0.15, -0.1) is 0 Å². The van der Waals surface area contributed by atoms with E-state index in [-0.39, 0.29) is 23.9 Å². The summed E-state index contributed by atoms with van der Waals surface area (Å²) in [6.07, 6.45) is 1.17. The number of ether oxygens (including phenoxy) is 2. The SMILES string of the molecule is CC1=C(C)C(=O)C(CCCC(=O)Nc2ccc3c(c2)OCCO3)=C(C)C1=O. The molecule has 1 amide bonds. The molecule has 1 N–H and O–H groups in total. The summed E-state index contributed by atoms with van der Waals surface area (Å²) in [4.78, 5) is 36.8. The predicted octanol–water partition coefficient (Wildman–Crippen LogP) is 3.37. The van der Waals surface area contributed by atoms with E-state index in [0.29, 0.717) is 65.5 Å². The zero-order chi connectivity index (χ0) is 19.6. The van der Waals surface area contributed by atoms with Crippen LogP contribution in [-0.4, -0.2) is 30.7 Å². The first kappa shape index (κ1) is 18.9. The number of ketones is 2. The van der Waals surface area contributed by atoms with Gasteiger partial charge in [0, 0.05) is 40.5 Å². The van der Waals surface area contributed by atoms with Crippen LogP contribution in [0.2, 0.25) is 0 Å². The van der Waals surface area contributed by atoms with Crippen molar-refractivity contribution >= 4 is 23.2 Å². The van der Waals surface area contributed by atoms with Crippen molar-refractivity contribution in [2.75, 3.05) is 18.5 Å². The Kier molecular flexibility index (Phi) is 5.44. The van der Waals surface area contributed by atoms with Crippen LogP contribution < -0.4 is 14.8 Å². The molecule has 6 nitrogen and oxygen atoms in total. The summed E-state index contributed by atoms with van der Waals surface area (Å²) in [5.41, 5.74) is 2.67. The maximum absolute atomic E-state index is 12.4. The Balaban J connectivity index is 1.56. The van der Waals surface area contributed by atoms with Gasteiger partial charge < -0.3 is 14.8 Å². The highest BCUT2D eigenvalue weighted by Crippen LogP contribution is 2.32. The van der Waals surface area contributed by atoms with Gasteiger partial charge in [-0.25, -0.2) is 0 Å². The number of amides is 1. The average Bonchev–Trinajstić information content (AvgIpc) is 2.67. The largest absolute Gasteiger partial charge is 0.486 e. The molecule has 0 atom stereocenters. The number of carbonyl (C=O) groups is 3. The van der Waals surface area contributed by atoms with Crippen molar-refractivity contribution in [1.82, 2.24) is 0 Å². The minimum absolute atomic E-state index is 0.0807. The summed E-state index contributed by atoms with van der Waals surface area (Å²) >= 11 is 0. The molecule has 0 saturated carbocycles. The first-order chi connectivity index (χ1) is 12.9. The second-order valence-corrected chi connectivity index (χ2v) is 6.77. The summed E-state index contributed by atoms with van der Waals surface area (Å²) < 4.78 is 11.0. The third-order valence-corrected chi connectivity index (χ3v) is 4.97. The molecule has 0 radical (unpaired) electrons. The molecule has 0 fully saturated rings. The second kappa shape index (κ2) is 7.78. The van der Waals surface area contributed by atoms with Crippen molar-refractivity contribution in [3.8, 4) is 11.5 Å². The van der Waals surface area contributed by atoms with Gasteiger partial charge >= 0.3 is 0 Å². The molecule has 1 aliphatic carbocycles. The third kappa shape index (κ3) is 3.94. The number of hydrogen-bond donors (Lipinski definition) is 1. The van der Waals surface area contributed by atoms with E-state index in [1.807, 2.05) is 0 Å². The molecule has 0 saturated heterocycles. The normalized spacial score (nSPS) is 16.7. The Morgan fingerprint density at radius 3 is 2.37 bits per heavy atom. The lowest BCUT2D eigenvalue weighted by atomic mass is 9.84. The topological polar surface area (TPSA) is 81.7 Å². The minimum Gasteiger partial charge on any atom is -0.486 e. The predicted molar refractivity (Wildman–Crippen MR) is 101 cm³/mol. The average molecular weight is 369 g/mol. The summed E-state index contributed by atoms with van der Waals surface area (Å²) in [5.74, 6) is 0.965. The molecule has 1 heterocycles. The number of Topliss-reactive ketones (excluding diaryl/α,β-unsaturated/α-hetero) is 2. The molecule has 0 aromatic heterocycles. The van der Waals surface area contributed by atoms with E-state index in [1.165, 1.54) is 0 Å². The molecule has 1 aromatic rings. The zero-order valence-corrected chi connectivity index (χ0v) is 15.8. The number of benzene rings is 1. The molecule has 1 aromatic carbocycles. The summed E-state index contributed by atoms with van der Waals surface area (Å²) in [7, 11) is 0. The fourth-order valence-corrected chi connectivity index (χ4v) is 3.23. The van der Waals surface area contributed by atoms with Crippen LogP contribution in [0.3, 0.4) is 0 Å². The Morgan fingerprint density at radius 1 is 0.963 bits per heavy atom. The number of allylic oxidation sites excluding steroid dienone is 4. The number of hydrogen-bond acceptors (Lipinski definition) is 5. The quantitative estimate of drug-likeness (QED) is 0.805. The molecule has 1 aliphatic heterocycles. The molecule has 6 heteroatoms. The third-order valence-electron chi connectivity index (χ3n) is 4.97. The van der Waals surface area contributed by atoms with Crippen LogP contribution in [-0.2, 0) is 14.4 Å². The molecule has 0 spiro atoms. The van der Waals surface area contributed by atoms with Gasteiger partial charge in [0.1, 0.15) is 13.2 Å². The van der Waals surface area contributed by atoms with E-state index >= 15 is 0 Å². The second-order valence-electron chi connectivity index (χ2n) is 6.77. The van der Waals surface area contributed by atoms with Gasteiger partial charge in [0.2, 0.25) is 5.91 Å². The molecule has 0 unspecified atom stereocenters. The highest BCUT2D eigenvalue weighted by atomic mass is 16.6. The van der Waals surface area contributed by atoms with E-state index in [9.17, 15) is 14.4 Å². The molecule has 2 aliphatic rings.